The number of fused-ring (bicyclic) bond motifs is 1. The third-order valence-corrected chi connectivity index (χ3v) is 5.20. The minimum atomic E-state index is -4.43. The summed E-state index contributed by atoms with van der Waals surface area (Å²) in [4.78, 5) is 6.42. The number of hydrogen-bond acceptors (Lipinski definition) is 3. The van der Waals surface area contributed by atoms with Gasteiger partial charge in [-0.05, 0) is 42.3 Å². The maximum absolute atomic E-state index is 13.5. The molecule has 1 aromatic heterocycles. The molecule has 150 valence electrons. The average Bonchev–Trinajstić information content (AvgIpc) is 2.67. The van der Waals surface area contributed by atoms with Crippen molar-refractivity contribution in [2.75, 3.05) is 23.3 Å². The number of alkyl halides is 3. The van der Waals surface area contributed by atoms with Gasteiger partial charge >= 0.3 is 6.18 Å². The van der Waals surface area contributed by atoms with Crippen LogP contribution in [0, 0.1) is 6.92 Å². The van der Waals surface area contributed by atoms with E-state index in [0.29, 0.717) is 18.9 Å². The summed E-state index contributed by atoms with van der Waals surface area (Å²) in [7, 11) is 0. The zero-order valence-corrected chi connectivity index (χ0v) is 16.5. The van der Waals surface area contributed by atoms with Gasteiger partial charge in [0, 0.05) is 36.4 Å². The third kappa shape index (κ3) is 4.17. The van der Waals surface area contributed by atoms with E-state index in [2.05, 4.69) is 16.4 Å². The zero-order chi connectivity index (χ0) is 20.6. The van der Waals surface area contributed by atoms with Gasteiger partial charge in [-0.15, -0.1) is 0 Å². The van der Waals surface area contributed by atoms with Crippen molar-refractivity contribution in [2.45, 2.75) is 19.6 Å². The van der Waals surface area contributed by atoms with E-state index < -0.39 is 11.7 Å². The molecule has 0 atom stereocenters. The first-order valence-electron chi connectivity index (χ1n) is 9.23. The molecule has 2 heterocycles. The minimum Gasteiger partial charge on any atom is -0.367 e. The molecule has 1 aliphatic heterocycles. The van der Waals surface area contributed by atoms with Crippen molar-refractivity contribution in [1.29, 1.82) is 0 Å². The average molecular weight is 418 g/mol. The summed E-state index contributed by atoms with van der Waals surface area (Å²) in [6.45, 7) is 3.28. The quantitative estimate of drug-likeness (QED) is 0.553. The number of rotatable bonds is 3. The molecule has 0 amide bonds. The number of aromatic nitrogens is 1. The summed E-state index contributed by atoms with van der Waals surface area (Å²) < 4.78 is 40.4. The normalized spacial score (nSPS) is 13.8. The van der Waals surface area contributed by atoms with Crippen LogP contribution in [0.3, 0.4) is 0 Å². The third-order valence-electron chi connectivity index (χ3n) is 4.97. The highest BCUT2D eigenvalue weighted by Gasteiger charge is 2.34. The maximum Gasteiger partial charge on any atom is 0.416 e. The van der Waals surface area contributed by atoms with Crippen molar-refractivity contribution in [3.05, 3.63) is 76.4 Å². The first-order valence-corrected chi connectivity index (χ1v) is 9.60. The van der Waals surface area contributed by atoms with Gasteiger partial charge in [0.1, 0.15) is 5.82 Å². The van der Waals surface area contributed by atoms with E-state index >= 15 is 0 Å². The van der Waals surface area contributed by atoms with Crippen molar-refractivity contribution in [2.24, 2.45) is 0 Å². The lowest BCUT2D eigenvalue weighted by Crippen LogP contribution is -2.34. The molecular weight excluding hydrogens is 399 g/mol. The molecule has 2 aromatic carbocycles. The lowest BCUT2D eigenvalue weighted by atomic mass is 10.0. The van der Waals surface area contributed by atoms with E-state index in [4.69, 9.17) is 11.6 Å². The molecule has 0 saturated heterocycles. The van der Waals surface area contributed by atoms with Gasteiger partial charge in [0.2, 0.25) is 0 Å². The number of pyridine rings is 1. The van der Waals surface area contributed by atoms with Crippen LogP contribution < -0.4 is 10.2 Å². The van der Waals surface area contributed by atoms with Crippen LogP contribution in [-0.2, 0) is 12.7 Å². The molecule has 0 unspecified atom stereocenters. The first-order chi connectivity index (χ1) is 13.8. The van der Waals surface area contributed by atoms with Crippen LogP contribution in [0.5, 0.6) is 0 Å². The number of benzene rings is 2. The van der Waals surface area contributed by atoms with E-state index in [-0.39, 0.29) is 17.1 Å². The van der Waals surface area contributed by atoms with Gasteiger partial charge in [-0.1, -0.05) is 41.4 Å². The van der Waals surface area contributed by atoms with E-state index in [0.717, 1.165) is 28.4 Å². The first kappa shape index (κ1) is 19.6. The van der Waals surface area contributed by atoms with Crippen LogP contribution >= 0.6 is 11.6 Å². The molecule has 4 rings (SSSR count). The highest BCUT2D eigenvalue weighted by Crippen LogP contribution is 2.37. The van der Waals surface area contributed by atoms with Crippen molar-refractivity contribution in [1.82, 2.24) is 4.98 Å². The van der Waals surface area contributed by atoms with Crippen molar-refractivity contribution >= 4 is 23.1 Å². The fourth-order valence-corrected chi connectivity index (χ4v) is 3.78. The highest BCUT2D eigenvalue weighted by atomic mass is 35.5. The molecule has 29 heavy (non-hydrogen) atoms. The van der Waals surface area contributed by atoms with Gasteiger partial charge in [-0.3, -0.25) is 0 Å². The van der Waals surface area contributed by atoms with Crippen molar-refractivity contribution in [3.8, 4) is 11.1 Å². The highest BCUT2D eigenvalue weighted by molar-refractivity contribution is 6.30. The van der Waals surface area contributed by atoms with Gasteiger partial charge < -0.3 is 10.2 Å². The Morgan fingerprint density at radius 3 is 2.69 bits per heavy atom. The Morgan fingerprint density at radius 2 is 1.93 bits per heavy atom. The molecule has 0 fully saturated rings. The SMILES string of the molecule is Cc1cccc(-c2cnc3c(c2)N(Cc2cc(Cl)ccc2C(F)(F)F)CCN3)c1. The van der Waals surface area contributed by atoms with Crippen LogP contribution in [0.2, 0.25) is 5.02 Å². The van der Waals surface area contributed by atoms with Gasteiger partial charge in [0.05, 0.1) is 11.3 Å². The summed E-state index contributed by atoms with van der Waals surface area (Å²) in [6.07, 6.45) is -2.65. The Labute approximate surface area is 172 Å². The number of aryl methyl sites for hydroxylation is 1. The lowest BCUT2D eigenvalue weighted by Gasteiger charge is -2.32. The Kier molecular flexibility index (Phi) is 5.13. The van der Waals surface area contributed by atoms with Crippen molar-refractivity contribution < 1.29 is 13.2 Å². The Balaban J connectivity index is 1.72. The second-order valence-corrected chi connectivity index (χ2v) is 7.55. The summed E-state index contributed by atoms with van der Waals surface area (Å²) >= 11 is 5.99. The minimum absolute atomic E-state index is 0.100. The predicted molar refractivity (Wildman–Crippen MR) is 110 cm³/mol. The smallest absolute Gasteiger partial charge is 0.367 e. The standard InChI is InChI=1S/C22H19ClF3N3/c1-14-3-2-4-15(9-14)16-11-20-21(28-12-16)27-7-8-29(20)13-17-10-18(23)5-6-19(17)22(24,25)26/h2-6,9-12H,7-8,13H2,1H3,(H,27,28). The number of hydrogen-bond donors (Lipinski definition) is 1. The molecule has 0 aliphatic carbocycles. The van der Waals surface area contributed by atoms with E-state index in [9.17, 15) is 13.2 Å². The Bertz CT molecular complexity index is 1050. The van der Waals surface area contributed by atoms with Crippen LogP contribution in [0.1, 0.15) is 16.7 Å². The van der Waals surface area contributed by atoms with Gasteiger partial charge in [0.15, 0.2) is 0 Å². The predicted octanol–water partition coefficient (Wildman–Crippen LogP) is 6.16. The van der Waals surface area contributed by atoms with E-state index in [1.165, 1.54) is 12.1 Å². The molecule has 3 aromatic rings. The van der Waals surface area contributed by atoms with E-state index in [1.807, 2.05) is 36.1 Å². The Morgan fingerprint density at radius 1 is 1.10 bits per heavy atom. The van der Waals surface area contributed by atoms with Gasteiger partial charge in [-0.25, -0.2) is 4.98 Å². The van der Waals surface area contributed by atoms with Gasteiger partial charge in [-0.2, -0.15) is 13.2 Å². The molecule has 0 spiro atoms. The largest absolute Gasteiger partial charge is 0.416 e. The summed E-state index contributed by atoms with van der Waals surface area (Å²) in [5, 5.41) is 3.51. The monoisotopic (exact) mass is 417 g/mol. The number of anilines is 2. The number of nitrogens with zero attached hydrogens (tertiary/aromatic N) is 2. The fourth-order valence-electron chi connectivity index (χ4n) is 3.58. The lowest BCUT2D eigenvalue weighted by molar-refractivity contribution is -0.138. The molecular formula is C22H19ClF3N3. The molecule has 3 nitrogen and oxygen atoms in total. The molecule has 0 radical (unpaired) electrons. The van der Waals surface area contributed by atoms with Crippen LogP contribution in [0.4, 0.5) is 24.7 Å². The molecule has 1 N–H and O–H groups in total. The van der Waals surface area contributed by atoms with Crippen LogP contribution in [0.15, 0.2) is 54.7 Å². The number of halogens is 4. The zero-order valence-electron chi connectivity index (χ0n) is 15.7. The van der Waals surface area contributed by atoms with Gasteiger partial charge in [0.25, 0.3) is 0 Å². The topological polar surface area (TPSA) is 28.2 Å². The maximum atomic E-state index is 13.5. The summed E-state index contributed by atoms with van der Waals surface area (Å²) in [5.74, 6) is 0.670. The van der Waals surface area contributed by atoms with Crippen LogP contribution in [0.25, 0.3) is 11.1 Å². The van der Waals surface area contributed by atoms with E-state index in [1.54, 1.807) is 6.20 Å². The molecule has 0 bridgehead atoms. The molecule has 1 aliphatic rings. The molecule has 0 saturated carbocycles. The second-order valence-electron chi connectivity index (χ2n) is 7.11. The number of nitrogens with one attached hydrogen (secondary N) is 1. The summed E-state index contributed by atoms with van der Waals surface area (Å²) in [5.41, 5.74) is 3.34. The Hall–Kier alpha value is -2.73. The van der Waals surface area contributed by atoms with Crippen LogP contribution in [-0.4, -0.2) is 18.1 Å². The molecule has 7 heteroatoms. The second kappa shape index (κ2) is 7.59. The van der Waals surface area contributed by atoms with Crippen molar-refractivity contribution in [3.63, 3.8) is 0 Å². The fraction of sp³-hybridized carbons (Fsp3) is 0.227. The summed E-state index contributed by atoms with van der Waals surface area (Å²) in [6, 6.07) is 13.7.